The second-order valence-electron chi connectivity index (χ2n) is 30.3. The Balaban J connectivity index is 0.000000176. The van der Waals surface area contributed by atoms with Crippen LogP contribution in [0.2, 0.25) is 0 Å². The number of halogens is 3. The van der Waals surface area contributed by atoms with Crippen LogP contribution in [0.25, 0.3) is 5.70 Å². The summed E-state index contributed by atoms with van der Waals surface area (Å²) in [5, 5.41) is 16.5. The summed E-state index contributed by atoms with van der Waals surface area (Å²) in [6, 6.07) is 24.6. The maximum atomic E-state index is 14.7. The second-order valence-corrected chi connectivity index (χ2v) is 36.2. The maximum Gasteiger partial charge on any atom is 0.410 e. The van der Waals surface area contributed by atoms with Crippen LogP contribution in [0.15, 0.2) is 127 Å². The van der Waals surface area contributed by atoms with Gasteiger partial charge in [0.25, 0.3) is 11.8 Å². The number of nitrogens with one attached hydrogen (secondary N) is 7. The monoisotopic (exact) mass is 1680 g/mol. The first kappa shape index (κ1) is 81.2. The highest BCUT2D eigenvalue weighted by molar-refractivity contribution is 9.09. The molecule has 9 N–H and O–H groups in total. The van der Waals surface area contributed by atoms with Gasteiger partial charge in [-0.1, -0.05) is 163 Å². The van der Waals surface area contributed by atoms with E-state index in [1.807, 2.05) is 90.4 Å². The van der Waals surface area contributed by atoms with Crippen molar-refractivity contribution in [3.63, 3.8) is 0 Å². The van der Waals surface area contributed by atoms with Crippen LogP contribution in [0.1, 0.15) is 154 Å². The van der Waals surface area contributed by atoms with Crippen molar-refractivity contribution in [3.05, 3.63) is 172 Å². The number of thiocarbonyl (C=S) groups is 1. The quantitative estimate of drug-likeness (QED) is 0.0261. The van der Waals surface area contributed by atoms with Crippen LogP contribution >= 0.6 is 39.9 Å². The number of rotatable bonds is 14. The van der Waals surface area contributed by atoms with E-state index >= 15 is 0 Å². The molecule has 4 saturated carbocycles. The van der Waals surface area contributed by atoms with Crippen molar-refractivity contribution in [2.24, 2.45) is 17.6 Å². The highest BCUT2D eigenvalue weighted by Crippen LogP contribution is 2.48. The Morgan fingerprint density at radius 2 is 1.06 bits per heavy atom. The number of Topliss-reactive ketones (excluding diaryl/α,β-unsaturated/α-hetero) is 1. The number of ketones is 1. The average molecular weight is 1680 g/mol. The molecule has 0 aromatic heterocycles. The topological polar surface area (TPSA) is 364 Å². The molecule has 7 aliphatic heterocycles. The van der Waals surface area contributed by atoms with Gasteiger partial charge < -0.3 is 46.3 Å². The number of hydrogen-bond donors (Lipinski definition) is 8. The molecule has 112 heavy (non-hydrogen) atoms. The SMILES string of the molecule is NC(=S)N[C@H]1CCCCC/C=C\[C@@H]2C[C@@]2(C(=O)NS(=O)(=O)C2CC2)NC(=O)[C@@H]2C[C@@H](OC(=O)N3Cc4cccc(F)c4C3)CN2C1=O.O=C(CBr)c1ccccc1.O=C1N[C@]2(C(=O)NS(=O)(=O)C3CC3)C[C@H]2/C=C\CCCCC[C@H](NC2NC(c3ccccc3)=CS2)C(=O)N2C[C@H](OC(=O)N3Cc4cccc(F)c4C3)C[C@@H]12. The predicted octanol–water partition coefficient (Wildman–Crippen LogP) is 7.54. The number of alkyl halides is 1. The second kappa shape index (κ2) is 34.9. The molecule has 2 saturated heterocycles. The van der Waals surface area contributed by atoms with E-state index in [4.69, 9.17) is 27.4 Å². The standard InChI is InChI=1S/C39H45FN6O7S2.C31H39FN6O7S2.C8H7BrO/c40-30-14-9-12-25-20-45(22-29(25)30)38(50)53-27-18-33-34(47)43-39(36(49)44-55(51,52)28-16-17-28)19-26(39)13-7-2-1-3-8-15-31(35(48)46(33)21-27)41-37-42-32(23-54-37)24-10-5-4-6-11-24;32-23-9-6-7-18-15-37(17-22(18)23)30(42)45-20-13-25-26(39)35-31(28(41)36-47(43,44)21-11-12-21)14-19(31)8-4-2-1-3-5-10-24(34-29(33)46)27(40)38(25)16-20;9-6-8(10)7-4-2-1-3-5-7/h4-7,9-14,23,26-28,31,33,37,41-42H,1-3,8,15-22H2,(H,43,47)(H,44,49);4,6-9,19-21,24-25H,1-3,5,10-17H2,(H,35,39)(H,36,41)(H3,33,34,46);1-5H,6H2/b13-7-;8-4-;/t26-,27-,31+,33+,37?,39-;19-,20-,24+,25+,31-;/m11./s1. The van der Waals surface area contributed by atoms with Gasteiger partial charge in [0.2, 0.25) is 43.7 Å². The van der Waals surface area contributed by atoms with Gasteiger partial charge in [0.15, 0.2) is 10.9 Å². The molecule has 15 rings (SSSR count). The molecule has 11 atom stereocenters. The Kier molecular flexibility index (Phi) is 25.3. The summed E-state index contributed by atoms with van der Waals surface area (Å²) in [5.74, 6) is -5.30. The molecule has 7 heterocycles. The zero-order chi connectivity index (χ0) is 79.2. The lowest BCUT2D eigenvalue weighted by Gasteiger charge is -2.31. The van der Waals surface area contributed by atoms with Crippen LogP contribution in [-0.2, 0) is 84.5 Å². The fourth-order valence-electron chi connectivity index (χ4n) is 15.4. The van der Waals surface area contributed by atoms with Crippen LogP contribution < -0.4 is 41.8 Å². The van der Waals surface area contributed by atoms with Gasteiger partial charge in [-0.25, -0.2) is 35.2 Å². The molecule has 598 valence electrons. The Morgan fingerprint density at radius 1 is 0.598 bits per heavy atom. The maximum absolute atomic E-state index is 14.7. The molecule has 1 unspecified atom stereocenters. The third kappa shape index (κ3) is 19.2. The molecular weight excluding hydrogens is 1590 g/mol. The first-order chi connectivity index (χ1) is 53.7. The van der Waals surface area contributed by atoms with E-state index < -0.39 is 143 Å². The van der Waals surface area contributed by atoms with Crippen LogP contribution in [0.3, 0.4) is 0 Å². The number of fused-ring (bicyclic) bond motifs is 6. The van der Waals surface area contributed by atoms with Gasteiger partial charge in [0.05, 0.1) is 48.1 Å². The smallest absolute Gasteiger partial charge is 0.410 e. The number of amides is 8. The Labute approximate surface area is 666 Å². The number of carbonyl (C=O) groups is 9. The van der Waals surface area contributed by atoms with Crippen LogP contribution in [-0.4, -0.2) is 177 Å². The summed E-state index contributed by atoms with van der Waals surface area (Å²) in [6.45, 7) is 0.184. The molecule has 8 amide bonds. The Bertz CT molecular complexity index is 4640. The first-order valence-electron chi connectivity index (χ1n) is 38.0. The number of nitrogens with two attached hydrogens (primary N) is 1. The highest BCUT2D eigenvalue weighted by Gasteiger charge is 2.64. The first-order valence-corrected chi connectivity index (χ1v) is 43.6. The largest absolute Gasteiger partial charge is 0.444 e. The number of sulfonamides is 2. The summed E-state index contributed by atoms with van der Waals surface area (Å²) in [4.78, 5) is 127. The van der Waals surface area contributed by atoms with E-state index in [1.54, 1.807) is 24.3 Å². The summed E-state index contributed by atoms with van der Waals surface area (Å²) < 4.78 is 95.9. The van der Waals surface area contributed by atoms with Gasteiger partial charge in [-0.05, 0) is 123 Å². The third-order valence-electron chi connectivity index (χ3n) is 22.2. The lowest BCUT2D eigenvalue weighted by atomic mass is 10.0. The van der Waals surface area contributed by atoms with Gasteiger partial charge in [0.1, 0.15) is 58.5 Å². The number of hydrogen-bond acceptors (Lipinski definition) is 19. The molecule has 4 aromatic rings. The molecule has 6 fully saturated rings. The fraction of sp³-hybridized carbons (Fsp3) is 0.487. The third-order valence-corrected chi connectivity index (χ3v) is 27.3. The fourth-order valence-corrected chi connectivity index (χ4v) is 19.5. The van der Waals surface area contributed by atoms with Crippen molar-refractivity contribution < 1.29 is 78.2 Å². The Morgan fingerprint density at radius 3 is 1.52 bits per heavy atom. The number of carbonyl (C=O) groups excluding carboxylic acids is 9. The molecule has 0 radical (unpaired) electrons. The number of benzene rings is 4. The van der Waals surface area contributed by atoms with E-state index in [2.05, 4.69) is 52.0 Å². The molecule has 27 nitrogen and oxygen atoms in total. The van der Waals surface area contributed by atoms with Crippen LogP contribution in [0.4, 0.5) is 18.4 Å². The van der Waals surface area contributed by atoms with Crippen molar-refractivity contribution >= 4 is 124 Å². The molecule has 4 aromatic carbocycles. The number of ether oxygens (including phenoxy) is 2. The van der Waals surface area contributed by atoms with Gasteiger partial charge >= 0.3 is 12.2 Å². The van der Waals surface area contributed by atoms with E-state index in [9.17, 15) is 68.8 Å². The highest BCUT2D eigenvalue weighted by atomic mass is 79.9. The predicted molar refractivity (Wildman–Crippen MR) is 419 cm³/mol. The van der Waals surface area contributed by atoms with Crippen molar-refractivity contribution in [1.82, 2.24) is 55.6 Å². The van der Waals surface area contributed by atoms with Crippen LogP contribution in [0, 0.1) is 23.5 Å². The summed E-state index contributed by atoms with van der Waals surface area (Å²) in [5.41, 5.74) is 7.28. The zero-order valence-corrected chi connectivity index (χ0v) is 66.3. The van der Waals surface area contributed by atoms with Crippen molar-refractivity contribution in [1.29, 1.82) is 0 Å². The molecule has 34 heteroatoms. The summed E-state index contributed by atoms with van der Waals surface area (Å²) in [7, 11) is -7.78. The molecule has 4 aliphatic carbocycles. The van der Waals surface area contributed by atoms with E-state index in [0.29, 0.717) is 79.0 Å². The number of allylic oxidation sites excluding steroid dienone is 2. The minimum Gasteiger partial charge on any atom is -0.444 e. The van der Waals surface area contributed by atoms with Gasteiger partial charge in [-0.2, -0.15) is 0 Å². The summed E-state index contributed by atoms with van der Waals surface area (Å²) in [6.07, 6.45) is 13.6. The number of nitrogens with zero attached hydrogens (tertiary/aromatic N) is 4. The molecular formula is C78H91BrF2N12O15S4. The lowest BCUT2D eigenvalue weighted by Crippen LogP contribution is -2.58. The van der Waals surface area contributed by atoms with Crippen molar-refractivity contribution in [3.8, 4) is 0 Å². The van der Waals surface area contributed by atoms with Crippen molar-refractivity contribution in [2.45, 2.75) is 205 Å². The van der Waals surface area contributed by atoms with Gasteiger partial charge in [0, 0.05) is 60.2 Å². The summed E-state index contributed by atoms with van der Waals surface area (Å²) >= 11 is 9.65. The Hall–Kier alpha value is -8.83. The average Bonchev–Trinajstić information content (AvgIpc) is 1.57. The zero-order valence-electron chi connectivity index (χ0n) is 61.4. The molecule has 0 spiro atoms. The molecule has 0 bridgehead atoms. The van der Waals surface area contributed by atoms with E-state index in [0.717, 1.165) is 55.3 Å². The van der Waals surface area contributed by atoms with Crippen LogP contribution in [0.5, 0.6) is 0 Å². The van der Waals surface area contributed by atoms with Gasteiger partial charge in [-0.3, -0.25) is 58.1 Å². The van der Waals surface area contributed by atoms with E-state index in [-0.39, 0.29) is 87.3 Å². The van der Waals surface area contributed by atoms with Gasteiger partial charge in [-0.15, -0.1) is 0 Å². The minimum absolute atomic E-state index is 0.0242. The molecule has 11 aliphatic rings. The van der Waals surface area contributed by atoms with E-state index in [1.165, 1.54) is 43.5 Å². The van der Waals surface area contributed by atoms with Crippen molar-refractivity contribution in [2.75, 3.05) is 18.4 Å². The lowest BCUT2D eigenvalue weighted by molar-refractivity contribution is -0.141. The number of thioether (sulfide) groups is 1. The minimum atomic E-state index is -3.90. The normalized spacial score (nSPS) is 28.2.